The van der Waals surface area contributed by atoms with Crippen LogP contribution in [-0.4, -0.2) is 70.6 Å². The summed E-state index contributed by atoms with van der Waals surface area (Å²) in [5, 5.41) is 4.38. The molecule has 0 radical (unpaired) electrons. The molecule has 1 aromatic carbocycles. The first kappa shape index (κ1) is 21.9. The Labute approximate surface area is 187 Å². The molecule has 3 heterocycles. The molecule has 1 aromatic heterocycles. The minimum atomic E-state index is -0.638. The number of likely N-dealkylation sites (tertiary alicyclic amines) is 1. The summed E-state index contributed by atoms with van der Waals surface area (Å²) >= 11 is 0. The van der Waals surface area contributed by atoms with E-state index in [4.69, 9.17) is 10.5 Å². The van der Waals surface area contributed by atoms with Crippen LogP contribution in [0.15, 0.2) is 24.3 Å². The lowest BCUT2D eigenvalue weighted by atomic mass is 10.0. The molecule has 170 valence electrons. The molecule has 2 aliphatic heterocycles. The smallest absolute Gasteiger partial charge is 0.272 e. The molecule has 1 fully saturated rings. The Kier molecular flexibility index (Phi) is 6.43. The maximum absolute atomic E-state index is 13.3. The molecule has 0 spiro atoms. The van der Waals surface area contributed by atoms with E-state index in [1.54, 1.807) is 36.3 Å². The van der Waals surface area contributed by atoms with Crippen LogP contribution in [0, 0.1) is 0 Å². The van der Waals surface area contributed by atoms with Crippen LogP contribution in [0.2, 0.25) is 0 Å². The number of hydrogen-bond acceptors (Lipinski definition) is 5. The average Bonchev–Trinajstić information content (AvgIpc) is 3.20. The third-order valence-electron chi connectivity index (χ3n) is 6.18. The van der Waals surface area contributed by atoms with Crippen molar-refractivity contribution in [1.29, 1.82) is 0 Å². The molecule has 2 N–H and O–H groups in total. The van der Waals surface area contributed by atoms with Crippen molar-refractivity contribution >= 4 is 17.7 Å². The highest BCUT2D eigenvalue weighted by atomic mass is 16.5. The van der Waals surface area contributed by atoms with Crippen molar-refractivity contribution in [2.24, 2.45) is 5.73 Å². The van der Waals surface area contributed by atoms with Crippen LogP contribution in [0.4, 0.5) is 0 Å². The average molecular weight is 440 g/mol. The number of benzene rings is 1. The third-order valence-corrected chi connectivity index (χ3v) is 6.18. The monoisotopic (exact) mass is 439 g/mol. The van der Waals surface area contributed by atoms with Crippen LogP contribution in [0.1, 0.15) is 58.6 Å². The molecule has 0 saturated carbocycles. The van der Waals surface area contributed by atoms with Crippen molar-refractivity contribution in [3.05, 3.63) is 41.2 Å². The van der Waals surface area contributed by atoms with E-state index in [-0.39, 0.29) is 17.5 Å². The highest BCUT2D eigenvalue weighted by Crippen LogP contribution is 2.26. The zero-order valence-electron chi connectivity index (χ0n) is 18.4. The van der Waals surface area contributed by atoms with Crippen LogP contribution < -0.4 is 10.5 Å². The summed E-state index contributed by atoms with van der Waals surface area (Å²) in [4.78, 5) is 41.0. The lowest BCUT2D eigenvalue weighted by Crippen LogP contribution is -2.40. The van der Waals surface area contributed by atoms with Gasteiger partial charge < -0.3 is 20.3 Å². The molecule has 0 bridgehead atoms. The van der Waals surface area contributed by atoms with E-state index in [0.717, 1.165) is 38.8 Å². The molecule has 0 atom stereocenters. The van der Waals surface area contributed by atoms with Crippen LogP contribution in [0.25, 0.3) is 5.69 Å². The summed E-state index contributed by atoms with van der Waals surface area (Å²) in [6, 6.07) is 7.14. The summed E-state index contributed by atoms with van der Waals surface area (Å²) in [6.07, 6.45) is 4.88. The van der Waals surface area contributed by atoms with Gasteiger partial charge >= 0.3 is 0 Å². The molecular weight excluding hydrogens is 410 g/mol. The molecule has 32 heavy (non-hydrogen) atoms. The van der Waals surface area contributed by atoms with E-state index in [0.29, 0.717) is 48.6 Å². The summed E-state index contributed by atoms with van der Waals surface area (Å²) in [6.45, 7) is 2.69. The minimum absolute atomic E-state index is 0.146. The molecule has 2 aliphatic rings. The van der Waals surface area contributed by atoms with E-state index in [1.165, 1.54) is 4.68 Å². The van der Waals surface area contributed by atoms with Gasteiger partial charge in [-0.15, -0.1) is 0 Å². The highest BCUT2D eigenvalue weighted by Gasteiger charge is 2.33. The number of piperidine rings is 1. The normalized spacial score (nSPS) is 16.3. The third kappa shape index (κ3) is 4.32. The fraction of sp³-hybridized carbons (Fsp3) is 0.478. The van der Waals surface area contributed by atoms with Gasteiger partial charge in [-0.25, -0.2) is 4.68 Å². The van der Waals surface area contributed by atoms with E-state index in [9.17, 15) is 14.4 Å². The molecule has 1 saturated heterocycles. The molecule has 0 aliphatic carbocycles. The number of rotatable bonds is 8. The number of carbonyl (C=O) groups excluding carboxylic acids is 3. The van der Waals surface area contributed by atoms with Gasteiger partial charge in [-0.1, -0.05) is 0 Å². The Morgan fingerprint density at radius 2 is 1.75 bits per heavy atom. The number of amides is 3. The zero-order chi connectivity index (χ0) is 22.7. The number of ether oxygens (including phenoxy) is 1. The largest absolute Gasteiger partial charge is 0.497 e. The predicted molar refractivity (Wildman–Crippen MR) is 118 cm³/mol. The predicted octanol–water partition coefficient (Wildman–Crippen LogP) is 1.77. The summed E-state index contributed by atoms with van der Waals surface area (Å²) in [5.41, 5.74) is 7.35. The maximum atomic E-state index is 13.3. The van der Waals surface area contributed by atoms with Crippen molar-refractivity contribution in [3.63, 3.8) is 0 Å². The minimum Gasteiger partial charge on any atom is -0.497 e. The number of unbranched alkanes of at least 4 members (excludes halogenated alkanes) is 1. The number of methoxy groups -OCH3 is 1. The van der Waals surface area contributed by atoms with Crippen LogP contribution in [-0.2, 0) is 11.2 Å². The Balaban J connectivity index is 1.48. The number of aromatic nitrogens is 2. The Bertz CT molecular complexity index is 1010. The first-order valence-corrected chi connectivity index (χ1v) is 11.1. The quantitative estimate of drug-likeness (QED) is 0.630. The fourth-order valence-corrected chi connectivity index (χ4v) is 4.43. The number of nitrogens with two attached hydrogens (primary N) is 1. The van der Waals surface area contributed by atoms with Crippen LogP contribution in [0.3, 0.4) is 0 Å². The molecule has 2 aromatic rings. The fourth-order valence-electron chi connectivity index (χ4n) is 4.43. The van der Waals surface area contributed by atoms with Gasteiger partial charge in [-0.2, -0.15) is 5.10 Å². The summed E-state index contributed by atoms with van der Waals surface area (Å²) in [7, 11) is 1.58. The zero-order valence-corrected chi connectivity index (χ0v) is 18.4. The molecule has 9 heteroatoms. The van der Waals surface area contributed by atoms with E-state index < -0.39 is 5.91 Å². The van der Waals surface area contributed by atoms with Crippen molar-refractivity contribution in [1.82, 2.24) is 19.6 Å². The van der Waals surface area contributed by atoms with Gasteiger partial charge in [0.1, 0.15) is 11.4 Å². The van der Waals surface area contributed by atoms with Crippen LogP contribution >= 0.6 is 0 Å². The first-order chi connectivity index (χ1) is 15.5. The van der Waals surface area contributed by atoms with Gasteiger partial charge in [-0.3, -0.25) is 14.4 Å². The maximum Gasteiger partial charge on any atom is 0.272 e. The van der Waals surface area contributed by atoms with Crippen molar-refractivity contribution in [3.8, 4) is 11.4 Å². The number of fused-ring (bicyclic) bond motifs is 1. The van der Waals surface area contributed by atoms with Gasteiger partial charge in [-0.05, 0) is 56.4 Å². The number of hydrogen-bond donors (Lipinski definition) is 1. The van der Waals surface area contributed by atoms with Crippen LogP contribution in [0.5, 0.6) is 5.75 Å². The van der Waals surface area contributed by atoms with Gasteiger partial charge in [0.2, 0.25) is 5.91 Å². The Morgan fingerprint density at radius 1 is 1.03 bits per heavy atom. The highest BCUT2D eigenvalue weighted by molar-refractivity contribution is 6.01. The van der Waals surface area contributed by atoms with E-state index in [2.05, 4.69) is 5.10 Å². The lowest BCUT2D eigenvalue weighted by Gasteiger charge is -2.29. The van der Waals surface area contributed by atoms with Gasteiger partial charge in [0.15, 0.2) is 5.69 Å². The molecule has 0 unspecified atom stereocenters. The standard InChI is InChI=1S/C23H29N5O4/c1-32-17-9-7-16(8-10-17)28-21-18(20(25-28)22(24)30)11-15-27(23(21)31)14-5-4-13-26-12-3-2-6-19(26)29/h7-10H,2-6,11-15H2,1H3,(H2,24,30). The van der Waals surface area contributed by atoms with Gasteiger partial charge in [0, 0.05) is 38.2 Å². The van der Waals surface area contributed by atoms with Gasteiger partial charge in [0.25, 0.3) is 11.8 Å². The van der Waals surface area contributed by atoms with Gasteiger partial charge in [0.05, 0.1) is 12.8 Å². The topological polar surface area (TPSA) is 111 Å². The van der Waals surface area contributed by atoms with E-state index >= 15 is 0 Å². The second kappa shape index (κ2) is 9.42. The SMILES string of the molecule is COc1ccc(-n2nc(C(N)=O)c3c2C(=O)N(CCCCN2CCCCC2=O)CC3)cc1. The molecular formula is C23H29N5O4. The van der Waals surface area contributed by atoms with E-state index in [1.807, 2.05) is 4.90 Å². The molecule has 4 rings (SSSR count). The summed E-state index contributed by atoms with van der Waals surface area (Å²) in [5.74, 6) is 0.124. The number of carbonyl (C=O) groups is 3. The first-order valence-electron chi connectivity index (χ1n) is 11.1. The lowest BCUT2D eigenvalue weighted by molar-refractivity contribution is -0.133. The second-order valence-corrected chi connectivity index (χ2v) is 8.24. The second-order valence-electron chi connectivity index (χ2n) is 8.24. The Hall–Kier alpha value is -3.36. The van der Waals surface area contributed by atoms with Crippen molar-refractivity contribution in [2.75, 3.05) is 33.3 Å². The molecule has 3 amide bonds. The van der Waals surface area contributed by atoms with Crippen molar-refractivity contribution < 1.29 is 19.1 Å². The number of primary amides is 1. The molecule has 9 nitrogen and oxygen atoms in total. The Morgan fingerprint density at radius 3 is 2.41 bits per heavy atom. The summed E-state index contributed by atoms with van der Waals surface area (Å²) < 4.78 is 6.71. The number of nitrogens with zero attached hydrogens (tertiary/aromatic N) is 4. The van der Waals surface area contributed by atoms with Crippen molar-refractivity contribution in [2.45, 2.75) is 38.5 Å².